The van der Waals surface area contributed by atoms with Crippen LogP contribution < -0.4 is 15.9 Å². The fourth-order valence-corrected chi connectivity index (χ4v) is 2.78. The summed E-state index contributed by atoms with van der Waals surface area (Å²) in [6, 6.07) is 17.0. The molecule has 0 atom stereocenters. The fourth-order valence-electron chi connectivity index (χ4n) is 2.78. The van der Waals surface area contributed by atoms with Crippen molar-refractivity contribution in [3.8, 4) is 5.75 Å². The number of carbonyl (C=O) groups excluding carboxylic acids is 1. The number of hydrazone groups is 1. The van der Waals surface area contributed by atoms with Crippen molar-refractivity contribution in [2.24, 2.45) is 10.8 Å². The molecule has 0 aliphatic rings. The van der Waals surface area contributed by atoms with Crippen molar-refractivity contribution in [1.82, 2.24) is 5.43 Å². The minimum absolute atomic E-state index is 0.185. The molecule has 7 heteroatoms. The molecule has 0 aliphatic carbocycles. The SMILES string of the molecule is NC(=O)NN=Cc1ccc(OCc2cccc(F)c2)c(Cc2cccc(F)c2)c1. The summed E-state index contributed by atoms with van der Waals surface area (Å²) in [6.45, 7) is 0.185. The zero-order chi connectivity index (χ0) is 20.6. The largest absolute Gasteiger partial charge is 0.489 e. The lowest BCUT2D eigenvalue weighted by Crippen LogP contribution is -2.24. The maximum Gasteiger partial charge on any atom is 0.332 e. The molecule has 0 aromatic heterocycles. The lowest BCUT2D eigenvalue weighted by atomic mass is 10.0. The highest BCUT2D eigenvalue weighted by molar-refractivity contribution is 5.82. The number of halogens is 2. The molecule has 0 fully saturated rings. The lowest BCUT2D eigenvalue weighted by Gasteiger charge is -2.13. The number of ether oxygens (including phenoxy) is 1. The smallest absolute Gasteiger partial charge is 0.332 e. The minimum Gasteiger partial charge on any atom is -0.489 e. The van der Waals surface area contributed by atoms with Gasteiger partial charge in [0.05, 0.1) is 6.21 Å². The van der Waals surface area contributed by atoms with Crippen LogP contribution in [0.3, 0.4) is 0 Å². The number of nitrogens with two attached hydrogens (primary N) is 1. The van der Waals surface area contributed by atoms with E-state index in [9.17, 15) is 13.6 Å². The van der Waals surface area contributed by atoms with Gasteiger partial charge in [0.2, 0.25) is 0 Å². The van der Waals surface area contributed by atoms with Crippen LogP contribution in [0.25, 0.3) is 0 Å². The number of amides is 2. The van der Waals surface area contributed by atoms with Crippen LogP contribution >= 0.6 is 0 Å². The van der Waals surface area contributed by atoms with Crippen LogP contribution in [0.5, 0.6) is 5.75 Å². The number of carbonyl (C=O) groups is 1. The van der Waals surface area contributed by atoms with E-state index in [1.807, 2.05) is 12.1 Å². The van der Waals surface area contributed by atoms with Gasteiger partial charge in [-0.3, -0.25) is 0 Å². The number of primary amides is 1. The first-order valence-corrected chi connectivity index (χ1v) is 8.83. The summed E-state index contributed by atoms with van der Waals surface area (Å²) in [5.41, 5.74) is 10.1. The Morgan fingerprint density at radius 3 is 2.38 bits per heavy atom. The Morgan fingerprint density at radius 1 is 1.00 bits per heavy atom. The number of rotatable bonds is 7. The Labute approximate surface area is 166 Å². The van der Waals surface area contributed by atoms with E-state index in [2.05, 4.69) is 10.5 Å². The highest BCUT2D eigenvalue weighted by atomic mass is 19.1. The van der Waals surface area contributed by atoms with Gasteiger partial charge in [-0.1, -0.05) is 24.3 Å². The molecule has 0 aliphatic heterocycles. The van der Waals surface area contributed by atoms with Crippen LogP contribution in [0.15, 0.2) is 71.8 Å². The Hall–Kier alpha value is -3.74. The van der Waals surface area contributed by atoms with Gasteiger partial charge in [0.25, 0.3) is 0 Å². The normalized spacial score (nSPS) is 10.8. The van der Waals surface area contributed by atoms with Crippen molar-refractivity contribution < 1.29 is 18.3 Å². The number of hydrogen-bond acceptors (Lipinski definition) is 3. The summed E-state index contributed by atoms with van der Waals surface area (Å²) in [5.74, 6) is -0.0776. The van der Waals surface area contributed by atoms with Gasteiger partial charge in [-0.15, -0.1) is 0 Å². The van der Waals surface area contributed by atoms with E-state index in [4.69, 9.17) is 10.5 Å². The van der Waals surface area contributed by atoms with Crippen LogP contribution in [-0.2, 0) is 13.0 Å². The molecule has 3 N–H and O–H groups in total. The summed E-state index contributed by atoms with van der Waals surface area (Å²) in [5, 5.41) is 3.74. The summed E-state index contributed by atoms with van der Waals surface area (Å²) in [6.07, 6.45) is 1.86. The molecule has 29 heavy (non-hydrogen) atoms. The average Bonchev–Trinajstić information content (AvgIpc) is 2.67. The standard InChI is InChI=1S/C22H19F2N3O2/c23-19-5-1-3-15(11-19)9-18-10-16(13-26-27-22(25)28)7-8-21(18)29-14-17-4-2-6-20(24)12-17/h1-8,10-13H,9,14H2,(H3,25,27,28). The Bertz CT molecular complexity index is 1040. The zero-order valence-electron chi connectivity index (χ0n) is 15.4. The van der Waals surface area contributed by atoms with Gasteiger partial charge in [-0.05, 0) is 64.7 Å². The predicted octanol–water partition coefficient (Wildman–Crippen LogP) is 4.14. The molecule has 0 saturated heterocycles. The quantitative estimate of drug-likeness (QED) is 0.466. The zero-order valence-corrected chi connectivity index (χ0v) is 15.4. The van der Waals surface area contributed by atoms with Gasteiger partial charge in [0, 0.05) is 6.42 Å². The second-order valence-electron chi connectivity index (χ2n) is 6.33. The topological polar surface area (TPSA) is 76.7 Å². The van der Waals surface area contributed by atoms with Crippen LogP contribution in [0.4, 0.5) is 13.6 Å². The minimum atomic E-state index is -0.767. The van der Waals surface area contributed by atoms with Crippen LogP contribution in [0, 0.1) is 11.6 Å². The maximum atomic E-state index is 13.6. The second-order valence-corrected chi connectivity index (χ2v) is 6.33. The molecule has 0 radical (unpaired) electrons. The Balaban J connectivity index is 1.84. The number of urea groups is 1. The van der Waals surface area contributed by atoms with Crippen molar-refractivity contribution in [1.29, 1.82) is 0 Å². The molecule has 3 aromatic rings. The highest BCUT2D eigenvalue weighted by Crippen LogP contribution is 2.24. The van der Waals surface area contributed by atoms with Gasteiger partial charge in [-0.2, -0.15) is 5.10 Å². The predicted molar refractivity (Wildman–Crippen MR) is 107 cm³/mol. The van der Waals surface area contributed by atoms with Gasteiger partial charge in [-0.25, -0.2) is 19.0 Å². The molecular formula is C22H19F2N3O2. The third-order valence-corrected chi connectivity index (χ3v) is 4.04. The van der Waals surface area contributed by atoms with Crippen LogP contribution in [-0.4, -0.2) is 12.2 Å². The second kappa shape index (κ2) is 9.45. The van der Waals surface area contributed by atoms with E-state index >= 15 is 0 Å². The summed E-state index contributed by atoms with van der Waals surface area (Å²) in [7, 11) is 0. The first-order valence-electron chi connectivity index (χ1n) is 8.83. The van der Waals surface area contributed by atoms with E-state index in [0.717, 1.165) is 11.1 Å². The molecule has 0 unspecified atom stereocenters. The van der Waals surface area contributed by atoms with E-state index in [0.29, 0.717) is 23.3 Å². The lowest BCUT2D eigenvalue weighted by molar-refractivity contribution is 0.249. The number of benzene rings is 3. The molecule has 0 heterocycles. The third-order valence-electron chi connectivity index (χ3n) is 4.04. The Kier molecular flexibility index (Phi) is 6.52. The van der Waals surface area contributed by atoms with E-state index in [1.54, 1.807) is 30.3 Å². The molecule has 3 rings (SSSR count). The van der Waals surface area contributed by atoms with Crippen molar-refractivity contribution in [3.05, 3.63) is 101 Å². The van der Waals surface area contributed by atoms with Crippen molar-refractivity contribution in [3.63, 3.8) is 0 Å². The van der Waals surface area contributed by atoms with Crippen molar-refractivity contribution >= 4 is 12.2 Å². The third kappa shape index (κ3) is 6.14. The Morgan fingerprint density at radius 2 is 1.69 bits per heavy atom. The van der Waals surface area contributed by atoms with Crippen molar-refractivity contribution in [2.45, 2.75) is 13.0 Å². The highest BCUT2D eigenvalue weighted by Gasteiger charge is 2.08. The number of nitrogens with one attached hydrogen (secondary N) is 1. The first-order chi connectivity index (χ1) is 14.0. The number of nitrogens with zero attached hydrogens (tertiary/aromatic N) is 1. The van der Waals surface area contributed by atoms with E-state index in [1.165, 1.54) is 30.5 Å². The molecule has 0 saturated carbocycles. The van der Waals surface area contributed by atoms with Crippen molar-refractivity contribution in [2.75, 3.05) is 0 Å². The van der Waals surface area contributed by atoms with Crippen LogP contribution in [0.1, 0.15) is 22.3 Å². The molecule has 3 aromatic carbocycles. The van der Waals surface area contributed by atoms with Crippen LogP contribution in [0.2, 0.25) is 0 Å². The molecule has 0 spiro atoms. The first kappa shape index (κ1) is 20.0. The molecular weight excluding hydrogens is 376 g/mol. The fraction of sp³-hybridized carbons (Fsp3) is 0.0909. The monoisotopic (exact) mass is 395 g/mol. The van der Waals surface area contributed by atoms with Gasteiger partial charge in [0.1, 0.15) is 24.0 Å². The molecule has 0 bridgehead atoms. The summed E-state index contributed by atoms with van der Waals surface area (Å²) < 4.78 is 32.8. The van der Waals surface area contributed by atoms with E-state index < -0.39 is 6.03 Å². The number of hydrogen-bond donors (Lipinski definition) is 2. The molecule has 5 nitrogen and oxygen atoms in total. The van der Waals surface area contributed by atoms with Gasteiger partial charge < -0.3 is 10.5 Å². The van der Waals surface area contributed by atoms with E-state index in [-0.39, 0.29) is 18.2 Å². The summed E-state index contributed by atoms with van der Waals surface area (Å²) in [4.78, 5) is 10.7. The summed E-state index contributed by atoms with van der Waals surface area (Å²) >= 11 is 0. The molecule has 148 valence electrons. The molecule has 2 amide bonds. The average molecular weight is 395 g/mol. The van der Waals surface area contributed by atoms with Gasteiger partial charge >= 0.3 is 6.03 Å². The van der Waals surface area contributed by atoms with Gasteiger partial charge in [0.15, 0.2) is 0 Å². The maximum absolute atomic E-state index is 13.6.